The van der Waals surface area contributed by atoms with Crippen LogP contribution >= 0.6 is 0 Å². The lowest BCUT2D eigenvalue weighted by Crippen LogP contribution is -2.45. The molecule has 1 saturated heterocycles. The molecule has 0 atom stereocenters. The molecule has 2 N–H and O–H groups in total. The summed E-state index contributed by atoms with van der Waals surface area (Å²) in [5.74, 6) is 1.95. The Balaban J connectivity index is 2.11. The molecule has 32 heavy (non-hydrogen) atoms. The van der Waals surface area contributed by atoms with Gasteiger partial charge in [-0.15, -0.1) is 0 Å². The molecule has 3 heterocycles. The van der Waals surface area contributed by atoms with Gasteiger partial charge in [-0.3, -0.25) is 0 Å². The maximum Gasteiger partial charge on any atom is 0.237 e. The van der Waals surface area contributed by atoms with Gasteiger partial charge < -0.3 is 20.3 Å². The predicted molar refractivity (Wildman–Crippen MR) is 131 cm³/mol. The van der Waals surface area contributed by atoms with Gasteiger partial charge in [0.05, 0.1) is 17.5 Å². The van der Waals surface area contributed by atoms with Crippen molar-refractivity contribution in [1.29, 1.82) is 0 Å². The molecular weight excluding hydrogens is 400 g/mol. The van der Waals surface area contributed by atoms with Crippen LogP contribution in [0.25, 0.3) is 11.3 Å². The van der Waals surface area contributed by atoms with Crippen LogP contribution in [0.5, 0.6) is 5.88 Å². The molecule has 7 heteroatoms. The molecule has 7 nitrogen and oxygen atoms in total. The number of piperazine rings is 1. The molecule has 1 aliphatic heterocycles. The Kier molecular flexibility index (Phi) is 8.43. The monoisotopic (exact) mass is 440 g/mol. The third kappa shape index (κ3) is 5.38. The molecule has 2 aromatic rings. The van der Waals surface area contributed by atoms with Crippen LogP contribution < -0.4 is 15.4 Å². The quantitative estimate of drug-likeness (QED) is 0.631. The average Bonchev–Trinajstić information content (AvgIpc) is 2.82. The first-order chi connectivity index (χ1) is 15.4. The lowest BCUT2D eigenvalue weighted by atomic mass is 10.0. The van der Waals surface area contributed by atoms with Crippen LogP contribution in [0.3, 0.4) is 0 Å². The van der Waals surface area contributed by atoms with Gasteiger partial charge in [0.1, 0.15) is 11.5 Å². The molecule has 0 spiro atoms. The van der Waals surface area contributed by atoms with Crippen LogP contribution in [0.4, 0.5) is 5.82 Å². The first kappa shape index (κ1) is 24.4. The maximum atomic E-state index is 6.19. The summed E-state index contributed by atoms with van der Waals surface area (Å²) < 4.78 is 6.19. The lowest BCUT2D eigenvalue weighted by Gasteiger charge is -2.34. The fraction of sp³-hybridized carbons (Fsp3) is 0.640. The van der Waals surface area contributed by atoms with Gasteiger partial charge in [-0.25, -0.2) is 15.0 Å². The number of nitrogens with two attached hydrogens (primary N) is 1. The zero-order valence-electron chi connectivity index (χ0n) is 20.7. The number of ether oxygens (including phenoxy) is 1. The summed E-state index contributed by atoms with van der Waals surface area (Å²) in [6, 6.07) is 4.29. The van der Waals surface area contributed by atoms with Crippen molar-refractivity contribution in [1.82, 2.24) is 19.9 Å². The third-order valence-electron chi connectivity index (χ3n) is 6.27. The first-order valence-corrected chi connectivity index (χ1v) is 12.1. The number of nitrogens with zero attached hydrogens (tertiary/aromatic N) is 5. The van der Waals surface area contributed by atoms with Crippen LogP contribution in [0.15, 0.2) is 12.1 Å². The summed E-state index contributed by atoms with van der Waals surface area (Å²) >= 11 is 0. The van der Waals surface area contributed by atoms with Gasteiger partial charge >= 0.3 is 0 Å². The van der Waals surface area contributed by atoms with Crippen molar-refractivity contribution < 1.29 is 4.74 Å². The summed E-state index contributed by atoms with van der Waals surface area (Å²) in [6.45, 7) is 15.0. The van der Waals surface area contributed by atoms with E-state index in [0.717, 1.165) is 73.9 Å². The fourth-order valence-corrected chi connectivity index (χ4v) is 4.02. The van der Waals surface area contributed by atoms with Crippen LogP contribution in [-0.4, -0.2) is 59.2 Å². The highest BCUT2D eigenvalue weighted by Gasteiger charge is 2.24. The minimum absolute atomic E-state index is 0.123. The van der Waals surface area contributed by atoms with Crippen LogP contribution in [-0.2, 0) is 13.0 Å². The van der Waals surface area contributed by atoms with Crippen LogP contribution in [0.2, 0.25) is 0 Å². The molecule has 3 rings (SSSR count). The van der Waals surface area contributed by atoms with Crippen molar-refractivity contribution in [3.8, 4) is 17.1 Å². The SMILES string of the molecule is CCc1nc(OC(CC)CC)c(CN)nc1-c1ccc(C(C)C)nc1N1CCN(C)CC1. The molecule has 0 amide bonds. The molecule has 0 aliphatic carbocycles. The Morgan fingerprint density at radius 2 is 1.66 bits per heavy atom. The predicted octanol–water partition coefficient (Wildman–Crippen LogP) is 4.00. The molecule has 2 aromatic heterocycles. The van der Waals surface area contributed by atoms with Gasteiger partial charge in [-0.2, -0.15) is 0 Å². The zero-order chi connectivity index (χ0) is 23.3. The number of pyridine rings is 1. The van der Waals surface area contributed by atoms with E-state index in [9.17, 15) is 0 Å². The summed E-state index contributed by atoms with van der Waals surface area (Å²) in [6.07, 6.45) is 2.75. The Morgan fingerprint density at radius 1 is 0.969 bits per heavy atom. The van der Waals surface area contributed by atoms with Gasteiger partial charge in [0.25, 0.3) is 0 Å². The van der Waals surface area contributed by atoms with E-state index in [4.69, 9.17) is 25.4 Å². The summed E-state index contributed by atoms with van der Waals surface area (Å²) in [5.41, 5.74) is 10.7. The Morgan fingerprint density at radius 3 is 2.22 bits per heavy atom. The van der Waals surface area contributed by atoms with Crippen molar-refractivity contribution >= 4 is 5.82 Å². The fourth-order valence-electron chi connectivity index (χ4n) is 4.02. The number of aryl methyl sites for hydroxylation is 1. The van der Waals surface area contributed by atoms with Gasteiger partial charge in [0.2, 0.25) is 5.88 Å². The molecule has 0 bridgehead atoms. The second kappa shape index (κ2) is 11.1. The summed E-state index contributed by atoms with van der Waals surface area (Å²) in [5, 5.41) is 0. The highest BCUT2D eigenvalue weighted by molar-refractivity contribution is 5.75. The largest absolute Gasteiger partial charge is 0.473 e. The highest BCUT2D eigenvalue weighted by Crippen LogP contribution is 2.34. The Labute approximate surface area is 193 Å². The topological polar surface area (TPSA) is 80.4 Å². The van der Waals surface area contributed by atoms with E-state index in [1.54, 1.807) is 0 Å². The zero-order valence-corrected chi connectivity index (χ0v) is 20.7. The Bertz CT molecular complexity index is 888. The second-order valence-electron chi connectivity index (χ2n) is 8.94. The first-order valence-electron chi connectivity index (χ1n) is 12.1. The highest BCUT2D eigenvalue weighted by atomic mass is 16.5. The third-order valence-corrected chi connectivity index (χ3v) is 6.27. The smallest absolute Gasteiger partial charge is 0.237 e. The summed E-state index contributed by atoms with van der Waals surface area (Å²) in [4.78, 5) is 19.8. The van der Waals surface area contributed by atoms with Crippen molar-refractivity contribution in [3.05, 3.63) is 29.2 Å². The molecule has 1 aliphatic rings. The van der Waals surface area contributed by atoms with Crippen LogP contribution in [0.1, 0.15) is 70.5 Å². The molecule has 0 saturated carbocycles. The van der Waals surface area contributed by atoms with E-state index in [0.29, 0.717) is 24.0 Å². The minimum atomic E-state index is 0.123. The number of likely N-dealkylation sites (N-methyl/N-ethyl adjacent to an activating group) is 1. The number of aromatic nitrogens is 3. The number of hydrogen-bond acceptors (Lipinski definition) is 7. The van der Waals surface area contributed by atoms with Gasteiger partial charge in [0, 0.05) is 44.0 Å². The number of rotatable bonds is 9. The average molecular weight is 441 g/mol. The second-order valence-corrected chi connectivity index (χ2v) is 8.94. The van der Waals surface area contributed by atoms with E-state index < -0.39 is 0 Å². The van der Waals surface area contributed by atoms with E-state index >= 15 is 0 Å². The molecule has 0 aromatic carbocycles. The normalized spacial score (nSPS) is 15.1. The van der Waals surface area contributed by atoms with Crippen molar-refractivity contribution in [2.75, 3.05) is 38.1 Å². The standard InChI is InChI=1S/C25H40N6O/c1-7-18(8-2)32-25-22(16-26)27-23(20(9-3)29-25)19-10-11-21(17(4)5)28-24(19)31-14-12-30(6)13-15-31/h10-11,17-18H,7-9,12-16,26H2,1-6H3. The number of hydrogen-bond donors (Lipinski definition) is 1. The maximum absolute atomic E-state index is 6.19. The minimum Gasteiger partial charge on any atom is -0.473 e. The molecule has 1 fully saturated rings. The Hall–Kier alpha value is -2.25. The van der Waals surface area contributed by atoms with Crippen LogP contribution in [0, 0.1) is 0 Å². The molecule has 0 radical (unpaired) electrons. The van der Waals surface area contributed by atoms with E-state index in [-0.39, 0.29) is 6.10 Å². The van der Waals surface area contributed by atoms with Crippen molar-refractivity contribution in [2.24, 2.45) is 5.73 Å². The van der Waals surface area contributed by atoms with Gasteiger partial charge in [-0.1, -0.05) is 34.6 Å². The van der Waals surface area contributed by atoms with Gasteiger partial charge in [0.15, 0.2) is 0 Å². The lowest BCUT2D eigenvalue weighted by molar-refractivity contribution is 0.181. The van der Waals surface area contributed by atoms with Crippen molar-refractivity contribution in [2.45, 2.75) is 72.4 Å². The molecule has 0 unspecified atom stereocenters. The summed E-state index contributed by atoms with van der Waals surface area (Å²) in [7, 11) is 2.17. The van der Waals surface area contributed by atoms with Crippen molar-refractivity contribution in [3.63, 3.8) is 0 Å². The van der Waals surface area contributed by atoms with E-state index in [1.807, 2.05) is 0 Å². The molecule has 176 valence electrons. The van der Waals surface area contributed by atoms with Gasteiger partial charge in [-0.05, 0) is 44.4 Å². The van der Waals surface area contributed by atoms with E-state index in [1.165, 1.54) is 0 Å². The van der Waals surface area contributed by atoms with E-state index in [2.05, 4.69) is 63.6 Å². The number of anilines is 1. The molecular formula is C25H40N6O.